The van der Waals surface area contributed by atoms with Crippen molar-refractivity contribution in [2.24, 2.45) is 5.41 Å². The first-order valence-electron chi connectivity index (χ1n) is 20.7. The van der Waals surface area contributed by atoms with Crippen molar-refractivity contribution in [3.63, 3.8) is 0 Å². The van der Waals surface area contributed by atoms with E-state index in [-0.39, 0.29) is 49.9 Å². The van der Waals surface area contributed by atoms with Crippen molar-refractivity contribution in [1.82, 2.24) is 4.98 Å². The van der Waals surface area contributed by atoms with Gasteiger partial charge in [0.2, 0.25) is 22.0 Å². The van der Waals surface area contributed by atoms with Crippen molar-refractivity contribution < 1.29 is 40.4 Å². The highest BCUT2D eigenvalue weighted by molar-refractivity contribution is 7.93. The molecule has 15 nitrogen and oxygen atoms in total. The summed E-state index contributed by atoms with van der Waals surface area (Å²) in [6, 6.07) is 21.9. The van der Waals surface area contributed by atoms with Gasteiger partial charge in [0.05, 0.1) is 27.5 Å². The third-order valence-corrected chi connectivity index (χ3v) is 13.0. The second-order valence-electron chi connectivity index (χ2n) is 18.0. The van der Waals surface area contributed by atoms with Crippen molar-refractivity contribution >= 4 is 94.9 Å². The van der Waals surface area contributed by atoms with Gasteiger partial charge in [0.15, 0.2) is 11.4 Å². The maximum atomic E-state index is 14.4. The highest BCUT2D eigenvalue weighted by Crippen LogP contribution is 2.34. The Hall–Kier alpha value is -6.22. The lowest BCUT2D eigenvalue weighted by Gasteiger charge is -2.31. The predicted octanol–water partition coefficient (Wildman–Crippen LogP) is 9.83. The number of anilines is 4. The molecule has 0 saturated heterocycles. The van der Waals surface area contributed by atoms with Gasteiger partial charge >= 0.3 is 6.09 Å². The number of nitrogens with one attached hydrogen (secondary N) is 3. The zero-order valence-corrected chi connectivity index (χ0v) is 39.7. The average Bonchev–Trinajstić information content (AvgIpc) is 3.90. The number of hydrogen-bond acceptors (Lipinski definition) is 11. The number of nitrogens with zero attached hydrogens (tertiary/aromatic N) is 3. The maximum absolute atomic E-state index is 14.4. The van der Waals surface area contributed by atoms with Crippen LogP contribution in [0.15, 0.2) is 88.2 Å². The molecule has 1 aliphatic rings. The molecule has 1 atom stereocenters. The van der Waals surface area contributed by atoms with Gasteiger partial charge in [0.1, 0.15) is 17.2 Å². The molecule has 4 aromatic carbocycles. The minimum atomic E-state index is -4.29. The zero-order chi connectivity index (χ0) is 47.6. The number of fused-ring (bicyclic) bond motifs is 1. The van der Waals surface area contributed by atoms with E-state index in [9.17, 15) is 36.5 Å². The monoisotopic (exact) mass is 942 g/mol. The highest BCUT2D eigenvalue weighted by atomic mass is 35.5. The number of rotatable bonds is 13. The van der Waals surface area contributed by atoms with Crippen molar-refractivity contribution in [3.05, 3.63) is 106 Å². The Balaban J connectivity index is 1.26. The third-order valence-electron chi connectivity index (χ3n) is 10.7. The fraction of sp³-hybridized carbons (Fsp3) is 0.340. The Morgan fingerprint density at radius 1 is 0.923 bits per heavy atom. The van der Waals surface area contributed by atoms with E-state index in [2.05, 4.69) is 46.6 Å². The Morgan fingerprint density at radius 2 is 1.62 bits per heavy atom. The maximum Gasteiger partial charge on any atom is 0.415 e. The van der Waals surface area contributed by atoms with Gasteiger partial charge in [0.25, 0.3) is 15.9 Å². The van der Waals surface area contributed by atoms with Gasteiger partial charge in [0, 0.05) is 22.8 Å². The number of nitriles is 1. The molecule has 18 heteroatoms. The molecule has 0 radical (unpaired) electrons. The van der Waals surface area contributed by atoms with Crippen LogP contribution in [0.5, 0.6) is 0 Å². The smallest absolute Gasteiger partial charge is 0.415 e. The van der Waals surface area contributed by atoms with Crippen LogP contribution in [0.1, 0.15) is 89.8 Å². The first-order valence-corrected chi connectivity index (χ1v) is 24.5. The topological polar surface area (TPSA) is 218 Å². The lowest BCUT2D eigenvalue weighted by Crippen LogP contribution is -2.48. The standard InChI is InChI=1S/C47H51ClN6O9S2/c1-28-22-35(19-16-29(28)23-30(27-49)44-51-39-24-31(46(2,3)4)17-21-40(39)62-44)54(34-13-9-10-14-34)45(57)63-41(42(55)47(5,6)7)43(56)50-38-26-33(18-20-37(38)48)53-65(60,61)36-15-11-12-32(25-36)52-64(8,58)59/h11-12,15-26,34,41,52-53H,9-10,13-14H2,1-8H3,(H,50,56)/b30-23+. The van der Waals surface area contributed by atoms with E-state index in [1.165, 1.54) is 41.3 Å². The van der Waals surface area contributed by atoms with E-state index in [1.54, 1.807) is 45.0 Å². The van der Waals surface area contributed by atoms with Crippen LogP contribution in [0.3, 0.4) is 0 Å². The number of aryl methyl sites for hydroxylation is 1. The molecule has 342 valence electrons. The molecular formula is C47H51ClN6O9S2. The number of benzene rings is 4. The van der Waals surface area contributed by atoms with Crippen LogP contribution in [0.4, 0.5) is 27.5 Å². The quantitative estimate of drug-likeness (QED) is 0.0745. The molecule has 1 aromatic heterocycles. The normalized spacial score (nSPS) is 14.4. The van der Waals surface area contributed by atoms with E-state index in [0.717, 1.165) is 30.7 Å². The van der Waals surface area contributed by atoms with E-state index < -0.39 is 49.3 Å². The SMILES string of the molecule is Cc1cc(N(C(=O)OC(C(=O)Nc2cc(NS(=O)(=O)c3cccc(NS(C)(=O)=O)c3)ccc2Cl)C(=O)C(C)(C)C)C2CCCC2)ccc1/C=C(\C#N)c1nc2cc(C(C)(C)C)ccc2o1. The van der Waals surface area contributed by atoms with Crippen LogP contribution in [-0.2, 0) is 39.8 Å². The highest BCUT2D eigenvalue weighted by Gasteiger charge is 2.41. The second kappa shape index (κ2) is 18.7. The Labute approximate surface area is 384 Å². The molecular weight excluding hydrogens is 892 g/mol. The average molecular weight is 944 g/mol. The first-order chi connectivity index (χ1) is 30.3. The van der Waals surface area contributed by atoms with E-state index in [1.807, 2.05) is 25.1 Å². The lowest BCUT2D eigenvalue weighted by atomic mass is 9.87. The summed E-state index contributed by atoms with van der Waals surface area (Å²) in [5.41, 5.74) is 2.92. The molecule has 1 unspecified atom stereocenters. The van der Waals surface area contributed by atoms with Crippen LogP contribution < -0.4 is 19.7 Å². The van der Waals surface area contributed by atoms with Gasteiger partial charge < -0.3 is 14.5 Å². The number of aromatic nitrogens is 1. The molecule has 1 aliphatic carbocycles. The largest absolute Gasteiger partial charge is 0.435 e. The van der Waals surface area contributed by atoms with Crippen LogP contribution in [-0.4, -0.2) is 58.0 Å². The van der Waals surface area contributed by atoms with Crippen LogP contribution >= 0.6 is 11.6 Å². The van der Waals surface area contributed by atoms with Crippen LogP contribution in [0.25, 0.3) is 22.7 Å². The zero-order valence-electron chi connectivity index (χ0n) is 37.3. The number of halogens is 1. The second-order valence-corrected chi connectivity index (χ2v) is 21.9. The number of carbonyl (C=O) groups excluding carboxylic acids is 3. The summed E-state index contributed by atoms with van der Waals surface area (Å²) in [5, 5.41) is 12.7. The molecule has 3 N–H and O–H groups in total. The van der Waals surface area contributed by atoms with Crippen molar-refractivity contribution in [3.8, 4) is 6.07 Å². The molecule has 2 amide bonds. The minimum absolute atomic E-state index is 0.0172. The summed E-state index contributed by atoms with van der Waals surface area (Å²) >= 11 is 6.46. The number of ether oxygens (including phenoxy) is 1. The number of Topliss-reactive ketones (excluding diaryl/α,β-unsaturated/α-hetero) is 1. The minimum Gasteiger partial charge on any atom is -0.435 e. The summed E-state index contributed by atoms with van der Waals surface area (Å²) in [6.45, 7) is 12.9. The molecule has 5 aromatic rings. The number of allylic oxidation sites excluding steroid dienone is 1. The van der Waals surface area contributed by atoms with Gasteiger partial charge in [-0.15, -0.1) is 0 Å². The molecule has 0 bridgehead atoms. The summed E-state index contributed by atoms with van der Waals surface area (Å²) in [7, 11) is -7.98. The van der Waals surface area contributed by atoms with Gasteiger partial charge in [-0.3, -0.25) is 23.9 Å². The van der Waals surface area contributed by atoms with E-state index in [0.29, 0.717) is 40.8 Å². The summed E-state index contributed by atoms with van der Waals surface area (Å²) in [5.74, 6) is -1.57. The summed E-state index contributed by atoms with van der Waals surface area (Å²) in [6.07, 6.45) is 2.67. The number of carbonyl (C=O) groups is 3. The van der Waals surface area contributed by atoms with Gasteiger partial charge in [-0.25, -0.2) is 26.6 Å². The van der Waals surface area contributed by atoms with Gasteiger partial charge in [-0.05, 0) is 109 Å². The Morgan fingerprint density at radius 3 is 2.25 bits per heavy atom. The number of sulfonamides is 2. The number of ketones is 1. The van der Waals surface area contributed by atoms with Gasteiger partial charge in [-0.2, -0.15) is 5.26 Å². The third kappa shape index (κ3) is 11.7. The Bertz CT molecular complexity index is 2980. The van der Waals surface area contributed by atoms with Crippen molar-refractivity contribution in [2.45, 2.75) is 96.6 Å². The molecule has 6 rings (SSSR count). The molecule has 1 fully saturated rings. The van der Waals surface area contributed by atoms with E-state index in [4.69, 9.17) is 20.8 Å². The number of amides is 2. The van der Waals surface area contributed by atoms with Crippen LogP contribution in [0.2, 0.25) is 5.02 Å². The molecule has 0 spiro atoms. The summed E-state index contributed by atoms with van der Waals surface area (Å²) in [4.78, 5) is 48.2. The fourth-order valence-corrected chi connectivity index (χ4v) is 9.04. The predicted molar refractivity (Wildman–Crippen MR) is 253 cm³/mol. The molecule has 65 heavy (non-hydrogen) atoms. The van der Waals surface area contributed by atoms with Crippen molar-refractivity contribution in [2.75, 3.05) is 25.9 Å². The lowest BCUT2D eigenvalue weighted by molar-refractivity contribution is -0.142. The molecule has 1 saturated carbocycles. The summed E-state index contributed by atoms with van der Waals surface area (Å²) < 4.78 is 66.6. The fourth-order valence-electron chi connectivity index (χ4n) is 7.22. The molecule has 0 aliphatic heterocycles. The van der Waals surface area contributed by atoms with Gasteiger partial charge in [-0.1, -0.05) is 84.2 Å². The van der Waals surface area contributed by atoms with E-state index >= 15 is 0 Å². The van der Waals surface area contributed by atoms with Crippen LogP contribution in [0, 0.1) is 23.7 Å². The number of oxazole rings is 1. The first kappa shape index (κ1) is 48.2. The van der Waals surface area contributed by atoms with Crippen molar-refractivity contribution in [1.29, 1.82) is 5.26 Å². The molecule has 1 heterocycles. The number of hydrogen-bond donors (Lipinski definition) is 3. The Kier molecular flexibility index (Phi) is 13.9.